The fourth-order valence-corrected chi connectivity index (χ4v) is 2.29. The zero-order valence-corrected chi connectivity index (χ0v) is 13.9. The van der Waals surface area contributed by atoms with Crippen LogP contribution in [0.2, 0.25) is 0 Å². The molecule has 0 saturated carbocycles. The molecule has 0 aliphatic rings. The van der Waals surface area contributed by atoms with Gasteiger partial charge in [-0.25, -0.2) is 9.97 Å². The largest absolute Gasteiger partial charge is 0.492 e. The van der Waals surface area contributed by atoms with Gasteiger partial charge in [-0.15, -0.1) is 0 Å². The lowest BCUT2D eigenvalue weighted by Crippen LogP contribution is -2.06. The van der Waals surface area contributed by atoms with Gasteiger partial charge < -0.3 is 15.4 Å². The Morgan fingerprint density at radius 3 is 2.46 bits per heavy atom. The zero-order chi connectivity index (χ0) is 18.4. The molecule has 2 N–H and O–H groups in total. The first-order valence-electron chi connectivity index (χ1n) is 7.84. The number of nitro groups is 1. The average molecular weight is 352 g/mol. The maximum atomic E-state index is 11.6. The Labute approximate surface area is 149 Å². The molecule has 0 unspecified atom stereocenters. The lowest BCUT2D eigenvalue weighted by Gasteiger charge is -2.13. The predicted molar refractivity (Wildman–Crippen MR) is 97.1 cm³/mol. The van der Waals surface area contributed by atoms with Gasteiger partial charge in [0.1, 0.15) is 12.1 Å². The Kier molecular flexibility index (Phi) is 5.18. The molecule has 9 heteroatoms. The number of ether oxygens (including phenoxy) is 1. The SMILES string of the molecule is CCOc1ccccc1Nc1ncnc(Nc2ccncc2)c1[N+](=O)[O-]. The molecule has 26 heavy (non-hydrogen) atoms. The highest BCUT2D eigenvalue weighted by atomic mass is 16.6. The summed E-state index contributed by atoms with van der Waals surface area (Å²) in [5.41, 5.74) is 0.934. The molecule has 0 radical (unpaired) electrons. The first-order valence-corrected chi connectivity index (χ1v) is 7.84. The minimum absolute atomic E-state index is 0.0636. The van der Waals surface area contributed by atoms with E-state index in [4.69, 9.17) is 4.74 Å². The van der Waals surface area contributed by atoms with Gasteiger partial charge in [-0.3, -0.25) is 15.1 Å². The van der Waals surface area contributed by atoms with Crippen molar-refractivity contribution in [3.8, 4) is 5.75 Å². The van der Waals surface area contributed by atoms with E-state index in [0.717, 1.165) is 0 Å². The molecule has 0 amide bonds. The van der Waals surface area contributed by atoms with Gasteiger partial charge in [0.25, 0.3) is 0 Å². The number of anilines is 4. The molecule has 3 rings (SSSR count). The van der Waals surface area contributed by atoms with E-state index in [0.29, 0.717) is 23.7 Å². The molecular weight excluding hydrogens is 336 g/mol. The minimum atomic E-state index is -0.533. The number of pyridine rings is 1. The summed E-state index contributed by atoms with van der Waals surface area (Å²) in [6.07, 6.45) is 4.40. The molecular formula is C17H16N6O3. The molecule has 0 aliphatic heterocycles. The third-order valence-electron chi connectivity index (χ3n) is 3.39. The van der Waals surface area contributed by atoms with Crippen molar-refractivity contribution >= 4 is 28.7 Å². The number of benzene rings is 1. The minimum Gasteiger partial charge on any atom is -0.492 e. The highest BCUT2D eigenvalue weighted by molar-refractivity contribution is 5.78. The van der Waals surface area contributed by atoms with Crippen LogP contribution in [-0.2, 0) is 0 Å². The molecule has 9 nitrogen and oxygen atoms in total. The Balaban J connectivity index is 1.98. The van der Waals surface area contributed by atoms with Crippen LogP contribution >= 0.6 is 0 Å². The van der Waals surface area contributed by atoms with Crippen molar-refractivity contribution in [3.05, 3.63) is 65.2 Å². The highest BCUT2D eigenvalue weighted by Crippen LogP contribution is 2.35. The number of hydrogen-bond acceptors (Lipinski definition) is 8. The van der Waals surface area contributed by atoms with E-state index in [-0.39, 0.29) is 17.3 Å². The van der Waals surface area contributed by atoms with Crippen LogP contribution in [0.5, 0.6) is 5.75 Å². The van der Waals surface area contributed by atoms with Crippen LogP contribution in [-0.4, -0.2) is 26.5 Å². The Hall–Kier alpha value is -3.75. The van der Waals surface area contributed by atoms with Crippen molar-refractivity contribution in [2.75, 3.05) is 17.2 Å². The maximum Gasteiger partial charge on any atom is 0.353 e. The molecule has 3 aromatic rings. The van der Waals surface area contributed by atoms with Gasteiger partial charge in [-0.2, -0.15) is 0 Å². The number of aromatic nitrogens is 3. The third-order valence-corrected chi connectivity index (χ3v) is 3.39. The van der Waals surface area contributed by atoms with Crippen LogP contribution in [0.25, 0.3) is 0 Å². The first kappa shape index (κ1) is 17.1. The van der Waals surface area contributed by atoms with Gasteiger partial charge in [0.15, 0.2) is 0 Å². The molecule has 2 aromatic heterocycles. The van der Waals surface area contributed by atoms with E-state index < -0.39 is 4.92 Å². The third kappa shape index (κ3) is 3.83. The molecule has 0 aliphatic carbocycles. The molecule has 0 spiro atoms. The van der Waals surface area contributed by atoms with E-state index in [1.165, 1.54) is 6.33 Å². The van der Waals surface area contributed by atoms with Crippen LogP contribution < -0.4 is 15.4 Å². The van der Waals surface area contributed by atoms with Gasteiger partial charge >= 0.3 is 5.69 Å². The predicted octanol–water partition coefficient (Wildman–Crippen LogP) is 3.67. The van der Waals surface area contributed by atoms with E-state index in [1.807, 2.05) is 13.0 Å². The van der Waals surface area contributed by atoms with Gasteiger partial charge in [-0.1, -0.05) is 12.1 Å². The van der Waals surface area contributed by atoms with Crippen molar-refractivity contribution in [3.63, 3.8) is 0 Å². The monoisotopic (exact) mass is 352 g/mol. The van der Waals surface area contributed by atoms with Crippen LogP contribution in [0.15, 0.2) is 55.1 Å². The van der Waals surface area contributed by atoms with Crippen molar-refractivity contribution in [1.82, 2.24) is 15.0 Å². The zero-order valence-electron chi connectivity index (χ0n) is 13.9. The summed E-state index contributed by atoms with van der Waals surface area (Å²) in [6, 6.07) is 10.5. The smallest absolute Gasteiger partial charge is 0.353 e. The topological polar surface area (TPSA) is 115 Å². The number of rotatable bonds is 7. The lowest BCUT2D eigenvalue weighted by atomic mass is 10.3. The van der Waals surface area contributed by atoms with Crippen molar-refractivity contribution < 1.29 is 9.66 Å². The van der Waals surface area contributed by atoms with E-state index in [9.17, 15) is 10.1 Å². The summed E-state index contributed by atoms with van der Waals surface area (Å²) >= 11 is 0. The van der Waals surface area contributed by atoms with Crippen LogP contribution in [0.4, 0.5) is 28.7 Å². The van der Waals surface area contributed by atoms with E-state index in [2.05, 4.69) is 25.6 Å². The van der Waals surface area contributed by atoms with E-state index in [1.54, 1.807) is 42.7 Å². The summed E-state index contributed by atoms with van der Waals surface area (Å²) in [6.45, 7) is 2.33. The first-order chi connectivity index (χ1) is 12.7. The van der Waals surface area contributed by atoms with Gasteiger partial charge in [0, 0.05) is 18.1 Å². The highest BCUT2D eigenvalue weighted by Gasteiger charge is 2.24. The normalized spacial score (nSPS) is 10.2. The summed E-state index contributed by atoms with van der Waals surface area (Å²) in [4.78, 5) is 23.0. The number of nitrogens with one attached hydrogen (secondary N) is 2. The Morgan fingerprint density at radius 1 is 1.08 bits per heavy atom. The molecule has 0 fully saturated rings. The Morgan fingerprint density at radius 2 is 1.77 bits per heavy atom. The van der Waals surface area contributed by atoms with Crippen LogP contribution in [0, 0.1) is 10.1 Å². The van der Waals surface area contributed by atoms with Crippen molar-refractivity contribution in [2.45, 2.75) is 6.92 Å². The summed E-state index contributed by atoms with van der Waals surface area (Å²) in [7, 11) is 0. The molecule has 132 valence electrons. The van der Waals surface area contributed by atoms with Gasteiger partial charge in [0.2, 0.25) is 11.6 Å². The molecule has 0 bridgehead atoms. The van der Waals surface area contributed by atoms with Gasteiger partial charge in [0.05, 0.1) is 17.2 Å². The Bertz CT molecular complexity index is 904. The number of nitrogens with zero attached hydrogens (tertiary/aromatic N) is 4. The molecule has 2 heterocycles. The second-order valence-corrected chi connectivity index (χ2v) is 5.09. The molecule has 1 aromatic carbocycles. The van der Waals surface area contributed by atoms with Gasteiger partial charge in [-0.05, 0) is 31.2 Å². The van der Waals surface area contributed by atoms with Crippen LogP contribution in [0.1, 0.15) is 6.92 Å². The maximum absolute atomic E-state index is 11.6. The second kappa shape index (κ2) is 7.88. The van der Waals surface area contributed by atoms with Crippen molar-refractivity contribution in [1.29, 1.82) is 0 Å². The van der Waals surface area contributed by atoms with Crippen molar-refractivity contribution in [2.24, 2.45) is 0 Å². The molecule has 0 saturated heterocycles. The summed E-state index contributed by atoms with van der Waals surface area (Å²) in [5, 5.41) is 17.5. The quantitative estimate of drug-likeness (QED) is 0.489. The fourth-order valence-electron chi connectivity index (χ4n) is 2.29. The standard InChI is InChI=1S/C17H16N6O3/c1-2-26-14-6-4-3-5-13(14)22-17-15(23(24)25)16(19-11-20-17)21-12-7-9-18-10-8-12/h3-11H,2H2,1H3,(H2,18,19,20,21,22). The average Bonchev–Trinajstić information content (AvgIpc) is 2.64. The van der Waals surface area contributed by atoms with E-state index >= 15 is 0 Å². The lowest BCUT2D eigenvalue weighted by molar-refractivity contribution is -0.383. The number of para-hydroxylation sites is 2. The second-order valence-electron chi connectivity index (χ2n) is 5.09. The summed E-state index contributed by atoms with van der Waals surface area (Å²) in [5.74, 6) is 0.716. The summed E-state index contributed by atoms with van der Waals surface area (Å²) < 4.78 is 5.54. The van der Waals surface area contributed by atoms with Crippen LogP contribution in [0.3, 0.4) is 0 Å². The number of hydrogen-bond donors (Lipinski definition) is 2. The fraction of sp³-hybridized carbons (Fsp3) is 0.118. The molecule has 0 atom stereocenters.